The van der Waals surface area contributed by atoms with E-state index in [2.05, 4.69) is 34.9 Å². The Kier molecular flexibility index (Phi) is 4.66. The summed E-state index contributed by atoms with van der Waals surface area (Å²) in [5.41, 5.74) is 2.72. The largest absolute Gasteiger partial charge is 0.355 e. The van der Waals surface area contributed by atoms with Gasteiger partial charge >= 0.3 is 0 Å². The summed E-state index contributed by atoms with van der Waals surface area (Å²) in [6.07, 6.45) is 0. The zero-order chi connectivity index (χ0) is 13.0. The van der Waals surface area contributed by atoms with Crippen molar-refractivity contribution < 1.29 is 4.79 Å². The summed E-state index contributed by atoms with van der Waals surface area (Å²) in [6, 6.07) is 8.61. The summed E-state index contributed by atoms with van der Waals surface area (Å²) in [7, 11) is 0. The zero-order valence-electron chi connectivity index (χ0n) is 10.9. The second kappa shape index (κ2) is 6.25. The van der Waals surface area contributed by atoms with E-state index in [1.54, 1.807) is 0 Å². The average Bonchev–Trinajstić information content (AvgIpc) is 2.39. The van der Waals surface area contributed by atoms with Gasteiger partial charge in [0, 0.05) is 24.1 Å². The lowest BCUT2D eigenvalue weighted by atomic mass is 10.0. The van der Waals surface area contributed by atoms with Gasteiger partial charge in [0.25, 0.3) is 0 Å². The Bertz CT molecular complexity index is 422. The van der Waals surface area contributed by atoms with Gasteiger partial charge in [-0.3, -0.25) is 10.1 Å². The van der Waals surface area contributed by atoms with E-state index in [4.69, 9.17) is 0 Å². The molecule has 0 bridgehead atoms. The van der Waals surface area contributed by atoms with Gasteiger partial charge in [0.15, 0.2) is 0 Å². The molecule has 4 heteroatoms. The molecule has 3 nitrogen and oxygen atoms in total. The van der Waals surface area contributed by atoms with Gasteiger partial charge < -0.3 is 5.32 Å². The number of rotatable bonds is 4. The third kappa shape index (κ3) is 3.06. The van der Waals surface area contributed by atoms with Crippen LogP contribution in [0.4, 0.5) is 0 Å². The maximum absolute atomic E-state index is 11.7. The summed E-state index contributed by atoms with van der Waals surface area (Å²) < 4.78 is 0. The number of thioether (sulfide) groups is 1. The number of carbonyl (C=O) groups is 1. The number of nitrogens with one attached hydrogen (secondary N) is 2. The molecule has 0 fully saturated rings. The van der Waals surface area contributed by atoms with Crippen LogP contribution in [0.2, 0.25) is 0 Å². The smallest absolute Gasteiger partial charge is 0.236 e. The standard InChI is InChI=1S/C14H20N2OS/c1-3-15-14(17)10(2)16-13-9-18-8-11-6-4-5-7-12(11)13/h4-7,10,13,16H,3,8-9H2,1-2H3,(H,15,17). The molecule has 2 unspecified atom stereocenters. The highest BCUT2D eigenvalue weighted by Gasteiger charge is 2.23. The van der Waals surface area contributed by atoms with Gasteiger partial charge in [-0.2, -0.15) is 11.8 Å². The Hall–Kier alpha value is -1.00. The minimum atomic E-state index is -0.151. The van der Waals surface area contributed by atoms with Gasteiger partial charge in [0.2, 0.25) is 5.91 Å². The van der Waals surface area contributed by atoms with E-state index in [1.807, 2.05) is 25.6 Å². The molecule has 0 saturated carbocycles. The predicted molar refractivity (Wildman–Crippen MR) is 76.6 cm³/mol. The number of amides is 1. The molecule has 0 radical (unpaired) electrons. The first-order chi connectivity index (χ1) is 8.72. The van der Waals surface area contributed by atoms with E-state index in [1.165, 1.54) is 11.1 Å². The second-order valence-electron chi connectivity index (χ2n) is 4.55. The first-order valence-corrected chi connectivity index (χ1v) is 7.57. The van der Waals surface area contributed by atoms with Crippen molar-refractivity contribution in [2.75, 3.05) is 12.3 Å². The van der Waals surface area contributed by atoms with E-state index >= 15 is 0 Å². The summed E-state index contributed by atoms with van der Waals surface area (Å²) in [5, 5.41) is 6.28. The van der Waals surface area contributed by atoms with Crippen molar-refractivity contribution in [1.29, 1.82) is 0 Å². The lowest BCUT2D eigenvalue weighted by Gasteiger charge is -2.28. The minimum Gasteiger partial charge on any atom is -0.355 e. The van der Waals surface area contributed by atoms with Crippen molar-refractivity contribution in [3.8, 4) is 0 Å². The Balaban J connectivity index is 2.05. The van der Waals surface area contributed by atoms with Crippen LogP contribution in [0, 0.1) is 0 Å². The normalized spacial score (nSPS) is 20.0. The van der Waals surface area contributed by atoms with E-state index in [9.17, 15) is 4.79 Å². The molecule has 2 rings (SSSR count). The Labute approximate surface area is 113 Å². The third-order valence-electron chi connectivity index (χ3n) is 3.17. The average molecular weight is 264 g/mol. The van der Waals surface area contributed by atoms with Crippen molar-refractivity contribution in [3.05, 3.63) is 35.4 Å². The quantitative estimate of drug-likeness (QED) is 0.875. The molecule has 1 aliphatic heterocycles. The number of hydrogen-bond acceptors (Lipinski definition) is 3. The second-order valence-corrected chi connectivity index (χ2v) is 5.58. The fourth-order valence-corrected chi connectivity index (χ4v) is 3.34. The highest BCUT2D eigenvalue weighted by molar-refractivity contribution is 7.98. The van der Waals surface area contributed by atoms with Gasteiger partial charge in [0.05, 0.1) is 6.04 Å². The molecule has 1 aliphatic rings. The van der Waals surface area contributed by atoms with Gasteiger partial charge in [-0.25, -0.2) is 0 Å². The first kappa shape index (κ1) is 13.4. The van der Waals surface area contributed by atoms with Crippen LogP contribution in [-0.2, 0) is 10.5 Å². The number of benzene rings is 1. The molecule has 0 spiro atoms. The van der Waals surface area contributed by atoms with Gasteiger partial charge in [-0.15, -0.1) is 0 Å². The van der Waals surface area contributed by atoms with E-state index in [0.29, 0.717) is 6.54 Å². The van der Waals surface area contributed by atoms with Crippen molar-refractivity contribution in [2.45, 2.75) is 31.7 Å². The van der Waals surface area contributed by atoms with E-state index in [-0.39, 0.29) is 18.0 Å². The van der Waals surface area contributed by atoms with Gasteiger partial charge in [0.1, 0.15) is 0 Å². The van der Waals surface area contributed by atoms with E-state index < -0.39 is 0 Å². The molecule has 98 valence electrons. The first-order valence-electron chi connectivity index (χ1n) is 6.41. The Morgan fingerprint density at radius 1 is 1.50 bits per heavy atom. The molecular weight excluding hydrogens is 244 g/mol. The van der Waals surface area contributed by atoms with Gasteiger partial charge in [-0.05, 0) is 25.0 Å². The maximum atomic E-state index is 11.7. The Morgan fingerprint density at radius 2 is 2.28 bits per heavy atom. The molecule has 1 aromatic rings. The monoisotopic (exact) mass is 264 g/mol. The van der Waals surface area contributed by atoms with Crippen LogP contribution >= 0.6 is 11.8 Å². The number of likely N-dealkylation sites (N-methyl/N-ethyl adjacent to an activating group) is 1. The molecular formula is C14H20N2OS. The summed E-state index contributed by atoms with van der Waals surface area (Å²) in [4.78, 5) is 11.7. The molecule has 1 amide bonds. The van der Waals surface area contributed by atoms with Gasteiger partial charge in [-0.1, -0.05) is 24.3 Å². The summed E-state index contributed by atoms with van der Waals surface area (Å²) >= 11 is 1.92. The minimum absolute atomic E-state index is 0.0746. The SMILES string of the molecule is CCNC(=O)C(C)NC1CSCc2ccccc21. The molecule has 2 atom stereocenters. The molecule has 0 saturated heterocycles. The number of hydrogen-bond donors (Lipinski definition) is 2. The highest BCUT2D eigenvalue weighted by Crippen LogP contribution is 2.31. The van der Waals surface area contributed by atoms with Crippen LogP contribution in [0.1, 0.15) is 31.0 Å². The van der Waals surface area contributed by atoms with E-state index in [0.717, 1.165) is 11.5 Å². The summed E-state index contributed by atoms with van der Waals surface area (Å²) in [6.45, 7) is 4.55. The summed E-state index contributed by atoms with van der Waals surface area (Å²) in [5.74, 6) is 2.18. The molecule has 0 aromatic heterocycles. The lowest BCUT2D eigenvalue weighted by Crippen LogP contribution is -2.44. The molecule has 1 aromatic carbocycles. The zero-order valence-corrected chi connectivity index (χ0v) is 11.7. The van der Waals surface area contributed by atoms with Crippen molar-refractivity contribution in [2.24, 2.45) is 0 Å². The topological polar surface area (TPSA) is 41.1 Å². The van der Waals surface area contributed by atoms with Crippen LogP contribution in [0.25, 0.3) is 0 Å². The van der Waals surface area contributed by atoms with Crippen molar-refractivity contribution in [3.63, 3.8) is 0 Å². The van der Waals surface area contributed by atoms with Crippen LogP contribution in [-0.4, -0.2) is 24.2 Å². The predicted octanol–water partition coefficient (Wildman–Crippen LogP) is 2.09. The molecule has 18 heavy (non-hydrogen) atoms. The third-order valence-corrected chi connectivity index (χ3v) is 4.25. The lowest BCUT2D eigenvalue weighted by molar-refractivity contribution is -0.122. The fraction of sp³-hybridized carbons (Fsp3) is 0.500. The number of carbonyl (C=O) groups excluding carboxylic acids is 1. The maximum Gasteiger partial charge on any atom is 0.236 e. The highest BCUT2D eigenvalue weighted by atomic mass is 32.2. The Morgan fingerprint density at radius 3 is 3.06 bits per heavy atom. The van der Waals surface area contributed by atoms with Crippen LogP contribution < -0.4 is 10.6 Å². The van der Waals surface area contributed by atoms with Crippen molar-refractivity contribution in [1.82, 2.24) is 10.6 Å². The fourth-order valence-electron chi connectivity index (χ4n) is 2.22. The van der Waals surface area contributed by atoms with Crippen molar-refractivity contribution >= 4 is 17.7 Å². The number of fused-ring (bicyclic) bond motifs is 1. The van der Waals surface area contributed by atoms with Crippen LogP contribution in [0.3, 0.4) is 0 Å². The molecule has 2 N–H and O–H groups in total. The van der Waals surface area contributed by atoms with Crippen LogP contribution in [0.5, 0.6) is 0 Å². The van der Waals surface area contributed by atoms with Crippen LogP contribution in [0.15, 0.2) is 24.3 Å². The molecule has 0 aliphatic carbocycles. The molecule has 1 heterocycles.